The monoisotopic (exact) mass is 344 g/mol. The fourth-order valence-corrected chi connectivity index (χ4v) is 2.53. The quantitative estimate of drug-likeness (QED) is 0.283. The average molecular weight is 344 g/mol. The molecule has 0 fully saturated rings. The van der Waals surface area contributed by atoms with Crippen molar-refractivity contribution in [2.75, 3.05) is 12.4 Å². The van der Waals surface area contributed by atoms with Gasteiger partial charge < -0.3 is 21.0 Å². The molecular weight excluding hydrogens is 327 g/mol. The smallest absolute Gasteiger partial charge is 0.175 e. The van der Waals surface area contributed by atoms with E-state index in [1.165, 1.54) is 30.0 Å². The molecule has 0 unspecified atom stereocenters. The first-order chi connectivity index (χ1) is 12.0. The summed E-state index contributed by atoms with van der Waals surface area (Å²) in [6.45, 7) is 1.87. The van der Waals surface area contributed by atoms with Crippen LogP contribution in [-0.4, -0.2) is 32.8 Å². The number of nitrogens with zero attached hydrogens (tertiary/aromatic N) is 4. The van der Waals surface area contributed by atoms with Gasteiger partial charge >= 0.3 is 0 Å². The lowest BCUT2D eigenvalue weighted by Crippen LogP contribution is -2.14. The van der Waals surface area contributed by atoms with Crippen molar-refractivity contribution in [1.82, 2.24) is 14.6 Å². The van der Waals surface area contributed by atoms with Crippen LogP contribution >= 0.6 is 0 Å². The fourth-order valence-electron chi connectivity index (χ4n) is 2.53. The molecule has 0 bridgehead atoms. The number of benzene rings is 1. The molecule has 1 aromatic carbocycles. The number of fused-ring (bicyclic) bond motifs is 1. The first kappa shape index (κ1) is 16.5. The van der Waals surface area contributed by atoms with E-state index >= 15 is 0 Å². The predicted octanol–water partition coefficient (Wildman–Crippen LogP) is 2.14. The summed E-state index contributed by atoms with van der Waals surface area (Å²) in [5.41, 5.74) is 7.13. The highest BCUT2D eigenvalue weighted by Crippen LogP contribution is 2.28. The maximum Gasteiger partial charge on any atom is 0.175 e. The predicted molar refractivity (Wildman–Crippen MR) is 90.5 cm³/mol. The number of nitrogens with two attached hydrogens (primary N) is 1. The maximum atomic E-state index is 13.6. The van der Waals surface area contributed by atoms with E-state index in [0.717, 1.165) is 0 Å². The molecule has 2 aromatic heterocycles. The van der Waals surface area contributed by atoms with E-state index in [1.807, 2.05) is 6.92 Å². The van der Waals surface area contributed by atoms with Crippen LogP contribution < -0.4 is 15.8 Å². The molecule has 3 rings (SSSR count). The molecule has 0 spiro atoms. The van der Waals surface area contributed by atoms with Crippen LogP contribution in [0.1, 0.15) is 24.1 Å². The first-order valence-electron chi connectivity index (χ1n) is 7.45. The number of aromatic nitrogens is 3. The van der Waals surface area contributed by atoms with E-state index < -0.39 is 0 Å². The minimum atomic E-state index is -0.349. The number of nitrogens with one attached hydrogen (secondary N) is 1. The number of amidine groups is 1. The SMILES string of the molecule is COc1ccc(F)cc1[C@@H](C)Nc1ccn2ncc(/C(N)=N/O)c2n1. The summed E-state index contributed by atoms with van der Waals surface area (Å²) in [5, 5.41) is 19.1. The second-order valence-electron chi connectivity index (χ2n) is 5.38. The van der Waals surface area contributed by atoms with Crippen molar-refractivity contribution < 1.29 is 14.3 Å². The Kier molecular flexibility index (Phi) is 4.38. The van der Waals surface area contributed by atoms with Crippen LogP contribution in [0.25, 0.3) is 5.65 Å². The van der Waals surface area contributed by atoms with Crippen LogP contribution in [0, 0.1) is 5.82 Å². The Morgan fingerprint density at radius 1 is 1.44 bits per heavy atom. The lowest BCUT2D eigenvalue weighted by molar-refractivity contribution is 0.318. The van der Waals surface area contributed by atoms with Crippen molar-refractivity contribution >= 4 is 17.3 Å². The zero-order chi connectivity index (χ0) is 18.0. The van der Waals surface area contributed by atoms with Crippen LogP contribution in [-0.2, 0) is 0 Å². The molecule has 3 aromatic rings. The molecule has 130 valence electrons. The molecule has 8 nitrogen and oxygen atoms in total. The Balaban J connectivity index is 1.94. The number of anilines is 1. The van der Waals surface area contributed by atoms with Crippen molar-refractivity contribution in [1.29, 1.82) is 0 Å². The van der Waals surface area contributed by atoms with Crippen LogP contribution in [0.3, 0.4) is 0 Å². The van der Waals surface area contributed by atoms with Gasteiger partial charge in [-0.1, -0.05) is 5.16 Å². The van der Waals surface area contributed by atoms with Gasteiger partial charge in [-0.05, 0) is 31.2 Å². The second-order valence-corrected chi connectivity index (χ2v) is 5.38. The molecule has 2 heterocycles. The molecule has 9 heteroatoms. The van der Waals surface area contributed by atoms with E-state index in [2.05, 4.69) is 20.6 Å². The molecular formula is C16H17FN6O2. The second kappa shape index (κ2) is 6.63. The van der Waals surface area contributed by atoms with Crippen molar-refractivity contribution in [3.8, 4) is 5.75 Å². The van der Waals surface area contributed by atoms with Gasteiger partial charge in [-0.2, -0.15) is 5.10 Å². The van der Waals surface area contributed by atoms with Gasteiger partial charge in [0.25, 0.3) is 0 Å². The molecule has 4 N–H and O–H groups in total. The van der Waals surface area contributed by atoms with E-state index in [1.54, 1.807) is 18.3 Å². The van der Waals surface area contributed by atoms with Crippen LogP contribution in [0.5, 0.6) is 5.75 Å². The summed E-state index contributed by atoms with van der Waals surface area (Å²) >= 11 is 0. The van der Waals surface area contributed by atoms with Crippen molar-refractivity contribution in [3.63, 3.8) is 0 Å². The molecule has 1 atom stereocenters. The molecule has 0 aliphatic heterocycles. The maximum absolute atomic E-state index is 13.6. The summed E-state index contributed by atoms with van der Waals surface area (Å²) < 4.78 is 20.4. The van der Waals surface area contributed by atoms with E-state index in [9.17, 15) is 4.39 Å². The van der Waals surface area contributed by atoms with Gasteiger partial charge in [0.2, 0.25) is 0 Å². The Morgan fingerprint density at radius 3 is 2.96 bits per heavy atom. The molecule has 0 saturated heterocycles. The van der Waals surface area contributed by atoms with Gasteiger partial charge in [0.15, 0.2) is 11.5 Å². The molecule has 0 aliphatic carbocycles. The topological polar surface area (TPSA) is 110 Å². The number of oxime groups is 1. The summed E-state index contributed by atoms with van der Waals surface area (Å²) in [5.74, 6) is 0.667. The fraction of sp³-hybridized carbons (Fsp3) is 0.188. The average Bonchev–Trinajstić information content (AvgIpc) is 3.04. The van der Waals surface area contributed by atoms with Gasteiger partial charge in [0.05, 0.1) is 24.9 Å². The number of hydrogen-bond acceptors (Lipinski definition) is 6. The number of hydrogen-bond donors (Lipinski definition) is 3. The Hall–Kier alpha value is -3.36. The zero-order valence-corrected chi connectivity index (χ0v) is 13.6. The number of methoxy groups -OCH3 is 1. The van der Waals surface area contributed by atoms with E-state index in [4.69, 9.17) is 15.7 Å². The summed E-state index contributed by atoms with van der Waals surface area (Å²) in [6.07, 6.45) is 3.15. The summed E-state index contributed by atoms with van der Waals surface area (Å²) in [7, 11) is 1.53. The molecule has 0 amide bonds. The highest BCUT2D eigenvalue weighted by atomic mass is 19.1. The molecule has 0 aliphatic rings. The minimum Gasteiger partial charge on any atom is -0.496 e. The number of halogens is 1. The zero-order valence-electron chi connectivity index (χ0n) is 13.6. The van der Waals surface area contributed by atoms with Crippen LogP contribution in [0.15, 0.2) is 41.8 Å². The Bertz CT molecular complexity index is 940. The van der Waals surface area contributed by atoms with Crippen molar-refractivity contribution in [3.05, 3.63) is 53.6 Å². The highest BCUT2D eigenvalue weighted by Gasteiger charge is 2.15. The summed E-state index contributed by atoms with van der Waals surface area (Å²) in [4.78, 5) is 4.43. The Labute approximate surface area is 142 Å². The van der Waals surface area contributed by atoms with E-state index in [0.29, 0.717) is 28.3 Å². The lowest BCUT2D eigenvalue weighted by atomic mass is 10.1. The van der Waals surface area contributed by atoms with Crippen LogP contribution in [0.4, 0.5) is 10.2 Å². The Morgan fingerprint density at radius 2 is 2.24 bits per heavy atom. The largest absolute Gasteiger partial charge is 0.496 e. The standard InChI is InChI=1S/C16H17FN6O2/c1-9(11-7-10(17)3-4-13(11)25-2)20-14-5-6-23-16(21-14)12(8-19-23)15(18)22-24/h3-9,24H,1-2H3,(H2,18,22)(H,20,21)/t9-/m1/s1. The van der Waals surface area contributed by atoms with E-state index in [-0.39, 0.29) is 17.7 Å². The summed E-state index contributed by atoms with van der Waals surface area (Å²) in [6, 6.07) is 5.78. The van der Waals surface area contributed by atoms with Gasteiger partial charge in [0, 0.05) is 11.8 Å². The highest BCUT2D eigenvalue weighted by molar-refractivity contribution is 6.02. The third-order valence-electron chi connectivity index (χ3n) is 3.78. The minimum absolute atomic E-state index is 0.0838. The first-order valence-corrected chi connectivity index (χ1v) is 7.45. The van der Waals surface area contributed by atoms with Crippen molar-refractivity contribution in [2.45, 2.75) is 13.0 Å². The third-order valence-corrected chi connectivity index (χ3v) is 3.78. The van der Waals surface area contributed by atoms with Gasteiger partial charge in [0.1, 0.15) is 17.4 Å². The molecule has 25 heavy (non-hydrogen) atoms. The number of rotatable bonds is 5. The number of ether oxygens (including phenoxy) is 1. The van der Waals surface area contributed by atoms with Gasteiger partial charge in [-0.25, -0.2) is 13.9 Å². The van der Waals surface area contributed by atoms with Crippen LogP contribution in [0.2, 0.25) is 0 Å². The molecule has 0 saturated carbocycles. The van der Waals surface area contributed by atoms with Crippen molar-refractivity contribution in [2.24, 2.45) is 10.9 Å². The third kappa shape index (κ3) is 3.16. The molecule has 0 radical (unpaired) electrons. The lowest BCUT2D eigenvalue weighted by Gasteiger charge is -2.18. The van der Waals surface area contributed by atoms with Gasteiger partial charge in [-0.3, -0.25) is 0 Å². The normalized spacial score (nSPS) is 13.0. The van der Waals surface area contributed by atoms with Gasteiger partial charge in [-0.15, -0.1) is 0 Å².